The topological polar surface area (TPSA) is 94.5 Å². The van der Waals surface area contributed by atoms with E-state index in [9.17, 15) is 14.7 Å². The summed E-state index contributed by atoms with van der Waals surface area (Å²) in [5.74, 6) is 0.168. The average Bonchev–Trinajstić information content (AvgIpc) is 3.49. The zero-order chi connectivity index (χ0) is 24.4. The van der Waals surface area contributed by atoms with Gasteiger partial charge in [-0.05, 0) is 55.2 Å². The van der Waals surface area contributed by atoms with Gasteiger partial charge in [0.05, 0.1) is 24.3 Å². The summed E-state index contributed by atoms with van der Waals surface area (Å²) >= 11 is 0. The van der Waals surface area contributed by atoms with Gasteiger partial charge in [-0.2, -0.15) is 0 Å². The molecule has 3 heterocycles. The van der Waals surface area contributed by atoms with Gasteiger partial charge in [0.1, 0.15) is 24.7 Å². The lowest BCUT2D eigenvalue weighted by Crippen LogP contribution is -2.36. The number of aliphatic hydroxyl groups excluding tert-OH is 1. The van der Waals surface area contributed by atoms with Crippen molar-refractivity contribution in [2.24, 2.45) is 0 Å². The SMILES string of the molecule is CCCOc1ccc([C@@H]2C(=C(O)c3ccc4c(c3)OCCO4)C(=O)C(=O)N2C[C@@H]2CCCO2)cc1. The van der Waals surface area contributed by atoms with Crippen molar-refractivity contribution in [1.29, 1.82) is 0 Å². The molecular weight excluding hydrogens is 450 g/mol. The summed E-state index contributed by atoms with van der Waals surface area (Å²) in [5, 5.41) is 11.3. The molecule has 184 valence electrons. The molecule has 3 aliphatic heterocycles. The van der Waals surface area contributed by atoms with Crippen LogP contribution in [-0.2, 0) is 14.3 Å². The predicted molar refractivity (Wildman–Crippen MR) is 128 cm³/mol. The van der Waals surface area contributed by atoms with Crippen molar-refractivity contribution in [2.75, 3.05) is 33.0 Å². The summed E-state index contributed by atoms with van der Waals surface area (Å²) in [6.45, 7) is 4.40. The fourth-order valence-electron chi connectivity index (χ4n) is 4.74. The summed E-state index contributed by atoms with van der Waals surface area (Å²) in [4.78, 5) is 27.9. The number of hydrogen-bond donors (Lipinski definition) is 1. The molecule has 0 aromatic heterocycles. The molecule has 2 atom stereocenters. The van der Waals surface area contributed by atoms with Crippen LogP contribution in [0.4, 0.5) is 0 Å². The lowest BCUT2D eigenvalue weighted by Gasteiger charge is -2.27. The van der Waals surface area contributed by atoms with Crippen molar-refractivity contribution in [3.05, 3.63) is 59.2 Å². The van der Waals surface area contributed by atoms with Crippen molar-refractivity contribution in [2.45, 2.75) is 38.3 Å². The van der Waals surface area contributed by atoms with E-state index in [2.05, 4.69) is 0 Å². The van der Waals surface area contributed by atoms with Gasteiger partial charge in [0.25, 0.3) is 11.7 Å². The number of fused-ring (bicyclic) bond motifs is 1. The quantitative estimate of drug-likeness (QED) is 0.366. The number of Topliss-reactive ketones (excluding diaryl/α,β-unsaturated/α-hetero) is 1. The van der Waals surface area contributed by atoms with Crippen LogP contribution in [0.2, 0.25) is 0 Å². The molecule has 8 heteroatoms. The molecule has 1 amide bonds. The Kier molecular flexibility index (Phi) is 6.63. The number of carbonyl (C=O) groups is 2. The second-order valence-electron chi connectivity index (χ2n) is 8.86. The maximum atomic E-state index is 13.3. The number of hydrogen-bond acceptors (Lipinski definition) is 7. The largest absolute Gasteiger partial charge is 0.507 e. The highest BCUT2D eigenvalue weighted by molar-refractivity contribution is 6.46. The second kappa shape index (κ2) is 10.00. The summed E-state index contributed by atoms with van der Waals surface area (Å²) in [7, 11) is 0. The Labute approximate surface area is 204 Å². The maximum Gasteiger partial charge on any atom is 0.295 e. The third kappa shape index (κ3) is 4.58. The van der Waals surface area contributed by atoms with Crippen molar-refractivity contribution < 1.29 is 33.6 Å². The van der Waals surface area contributed by atoms with E-state index < -0.39 is 17.7 Å². The number of aliphatic hydroxyl groups is 1. The fraction of sp³-hybridized carbons (Fsp3) is 0.407. The molecule has 0 bridgehead atoms. The lowest BCUT2D eigenvalue weighted by atomic mass is 9.95. The first-order chi connectivity index (χ1) is 17.1. The third-order valence-corrected chi connectivity index (χ3v) is 6.45. The number of rotatable bonds is 7. The zero-order valence-corrected chi connectivity index (χ0v) is 19.7. The van der Waals surface area contributed by atoms with Crippen LogP contribution in [-0.4, -0.2) is 60.8 Å². The first-order valence-corrected chi connectivity index (χ1v) is 12.1. The Balaban J connectivity index is 1.55. The van der Waals surface area contributed by atoms with Crippen molar-refractivity contribution in [3.63, 3.8) is 0 Å². The van der Waals surface area contributed by atoms with Crippen LogP contribution < -0.4 is 14.2 Å². The van der Waals surface area contributed by atoms with Crippen LogP contribution in [0, 0.1) is 0 Å². The van der Waals surface area contributed by atoms with Gasteiger partial charge < -0.3 is 29.0 Å². The Morgan fingerprint density at radius 3 is 2.54 bits per heavy atom. The van der Waals surface area contributed by atoms with E-state index in [0.717, 1.165) is 19.3 Å². The Bertz CT molecular complexity index is 1130. The molecule has 0 aliphatic carbocycles. The van der Waals surface area contributed by atoms with E-state index in [4.69, 9.17) is 18.9 Å². The van der Waals surface area contributed by atoms with Gasteiger partial charge in [-0.25, -0.2) is 0 Å². The molecule has 35 heavy (non-hydrogen) atoms. The van der Waals surface area contributed by atoms with Gasteiger partial charge in [-0.1, -0.05) is 19.1 Å². The molecule has 0 radical (unpaired) electrons. The first kappa shape index (κ1) is 23.2. The minimum Gasteiger partial charge on any atom is -0.507 e. The molecular formula is C27H29NO7. The summed E-state index contributed by atoms with van der Waals surface area (Å²) in [6, 6.07) is 11.6. The standard InChI is InChI=1S/C27H29NO7/c1-2-11-32-19-8-5-17(6-9-19)24-23(26(30)27(31)28(24)16-20-4-3-12-33-20)25(29)18-7-10-21-22(15-18)35-14-13-34-21/h5-10,15,20,24,29H,2-4,11-14,16H2,1H3/t20-,24+/m0/s1. The highest BCUT2D eigenvalue weighted by atomic mass is 16.6. The highest BCUT2D eigenvalue weighted by Crippen LogP contribution is 2.42. The molecule has 2 aromatic carbocycles. The molecule has 1 N–H and O–H groups in total. The molecule has 0 spiro atoms. The van der Waals surface area contributed by atoms with Gasteiger partial charge in [0, 0.05) is 18.7 Å². The Morgan fingerprint density at radius 1 is 1.06 bits per heavy atom. The Morgan fingerprint density at radius 2 is 1.83 bits per heavy atom. The predicted octanol–water partition coefficient (Wildman–Crippen LogP) is 3.85. The molecule has 3 aliphatic rings. The zero-order valence-electron chi connectivity index (χ0n) is 19.7. The Hall–Kier alpha value is -3.52. The third-order valence-electron chi connectivity index (χ3n) is 6.45. The molecule has 2 aromatic rings. The van der Waals surface area contributed by atoms with Gasteiger partial charge in [-0.3, -0.25) is 9.59 Å². The normalized spacial score (nSPS) is 23.1. The van der Waals surface area contributed by atoms with E-state index in [-0.39, 0.29) is 24.0 Å². The first-order valence-electron chi connectivity index (χ1n) is 12.1. The summed E-state index contributed by atoms with van der Waals surface area (Å²) < 4.78 is 22.7. The molecule has 0 unspecified atom stereocenters. The monoisotopic (exact) mass is 479 g/mol. The fourth-order valence-corrected chi connectivity index (χ4v) is 4.74. The van der Waals surface area contributed by atoms with Crippen LogP contribution in [0.1, 0.15) is 43.4 Å². The smallest absolute Gasteiger partial charge is 0.295 e. The maximum absolute atomic E-state index is 13.3. The molecule has 8 nitrogen and oxygen atoms in total. The summed E-state index contributed by atoms with van der Waals surface area (Å²) in [6.07, 6.45) is 2.48. The van der Waals surface area contributed by atoms with E-state index in [1.807, 2.05) is 31.2 Å². The van der Waals surface area contributed by atoms with E-state index in [1.165, 1.54) is 4.90 Å². The van der Waals surface area contributed by atoms with Crippen LogP contribution in [0.15, 0.2) is 48.0 Å². The lowest BCUT2D eigenvalue weighted by molar-refractivity contribution is -0.140. The van der Waals surface area contributed by atoms with Gasteiger partial charge in [0.15, 0.2) is 11.5 Å². The number of likely N-dealkylation sites (tertiary alicyclic amines) is 1. The van der Waals surface area contributed by atoms with Crippen LogP contribution in [0.5, 0.6) is 17.2 Å². The van der Waals surface area contributed by atoms with Crippen molar-refractivity contribution >= 4 is 17.4 Å². The van der Waals surface area contributed by atoms with E-state index in [0.29, 0.717) is 54.8 Å². The van der Waals surface area contributed by atoms with Gasteiger partial charge in [0.2, 0.25) is 0 Å². The number of amides is 1. The number of nitrogens with zero attached hydrogens (tertiary/aromatic N) is 1. The van der Waals surface area contributed by atoms with Crippen molar-refractivity contribution in [1.82, 2.24) is 4.90 Å². The minimum atomic E-state index is -0.743. The average molecular weight is 480 g/mol. The molecule has 2 saturated heterocycles. The summed E-state index contributed by atoms with van der Waals surface area (Å²) in [5.41, 5.74) is 1.15. The number of ketones is 1. The minimum absolute atomic E-state index is 0.0481. The number of carbonyl (C=O) groups excluding carboxylic acids is 2. The van der Waals surface area contributed by atoms with E-state index in [1.54, 1.807) is 18.2 Å². The molecule has 0 saturated carbocycles. The van der Waals surface area contributed by atoms with Crippen molar-refractivity contribution in [3.8, 4) is 17.2 Å². The van der Waals surface area contributed by atoms with Crippen LogP contribution in [0.3, 0.4) is 0 Å². The second-order valence-corrected chi connectivity index (χ2v) is 8.86. The highest BCUT2D eigenvalue weighted by Gasteiger charge is 2.47. The van der Waals surface area contributed by atoms with Crippen LogP contribution in [0.25, 0.3) is 5.76 Å². The van der Waals surface area contributed by atoms with Gasteiger partial charge in [-0.15, -0.1) is 0 Å². The van der Waals surface area contributed by atoms with Gasteiger partial charge >= 0.3 is 0 Å². The number of benzene rings is 2. The van der Waals surface area contributed by atoms with Crippen LogP contribution >= 0.6 is 0 Å². The molecule has 2 fully saturated rings. The van der Waals surface area contributed by atoms with E-state index >= 15 is 0 Å². The number of ether oxygens (including phenoxy) is 4. The molecule has 5 rings (SSSR count).